The highest BCUT2D eigenvalue weighted by Gasteiger charge is 2.17. The number of hydrogen-bond acceptors (Lipinski definition) is 5. The number of aromatic amines is 1. The average molecular weight is 380 g/mol. The van der Waals surface area contributed by atoms with Crippen LogP contribution in [0, 0.1) is 0 Å². The summed E-state index contributed by atoms with van der Waals surface area (Å²) in [6, 6.07) is 7.24. The Morgan fingerprint density at radius 1 is 1.21 bits per heavy atom. The number of unbranched alkanes of at least 4 members (excludes halogenated alkanes) is 1. The number of ether oxygens (including phenoxy) is 1. The molecule has 1 aliphatic rings. The second-order valence-electron chi connectivity index (χ2n) is 7.53. The molecule has 6 nitrogen and oxygen atoms in total. The zero-order chi connectivity index (χ0) is 19.5. The highest BCUT2D eigenvalue weighted by Crippen LogP contribution is 2.27. The van der Waals surface area contributed by atoms with E-state index in [0.29, 0.717) is 18.4 Å². The van der Waals surface area contributed by atoms with E-state index in [4.69, 9.17) is 10.5 Å². The molecule has 2 aromatic heterocycles. The summed E-state index contributed by atoms with van der Waals surface area (Å²) in [7, 11) is 0. The lowest BCUT2D eigenvalue weighted by molar-refractivity contribution is 0.268. The van der Waals surface area contributed by atoms with Gasteiger partial charge >= 0.3 is 6.01 Å². The summed E-state index contributed by atoms with van der Waals surface area (Å²) in [4.78, 5) is 14.6. The van der Waals surface area contributed by atoms with Gasteiger partial charge in [-0.25, -0.2) is 0 Å². The number of anilines is 1. The summed E-state index contributed by atoms with van der Waals surface area (Å²) in [5, 5.41) is 0. The van der Waals surface area contributed by atoms with Crippen molar-refractivity contribution in [1.82, 2.24) is 19.9 Å². The van der Waals surface area contributed by atoms with Crippen molar-refractivity contribution in [2.75, 3.05) is 25.4 Å². The van der Waals surface area contributed by atoms with E-state index in [9.17, 15) is 0 Å². The van der Waals surface area contributed by atoms with Crippen LogP contribution in [0.3, 0.4) is 0 Å². The molecular formula is C22H29N5O. The van der Waals surface area contributed by atoms with Crippen LogP contribution < -0.4 is 10.5 Å². The molecule has 0 bridgehead atoms. The lowest BCUT2D eigenvalue weighted by Crippen LogP contribution is -2.30. The Hall–Kier alpha value is -2.60. The van der Waals surface area contributed by atoms with E-state index >= 15 is 0 Å². The third-order valence-corrected chi connectivity index (χ3v) is 5.54. The summed E-state index contributed by atoms with van der Waals surface area (Å²) in [6.07, 6.45) is 5.98. The van der Waals surface area contributed by atoms with Crippen LogP contribution in [-0.4, -0.2) is 39.5 Å². The molecule has 3 N–H and O–H groups in total. The molecule has 6 heteroatoms. The number of rotatable bonds is 7. The van der Waals surface area contributed by atoms with Gasteiger partial charge in [0.15, 0.2) is 5.82 Å². The first kappa shape index (κ1) is 18.7. The van der Waals surface area contributed by atoms with Crippen molar-refractivity contribution >= 4 is 16.9 Å². The van der Waals surface area contributed by atoms with Crippen LogP contribution in [0.2, 0.25) is 0 Å². The number of benzene rings is 1. The van der Waals surface area contributed by atoms with Gasteiger partial charge in [0.2, 0.25) is 0 Å². The van der Waals surface area contributed by atoms with Crippen molar-refractivity contribution in [3.8, 4) is 6.01 Å². The maximum Gasteiger partial charge on any atom is 0.319 e. The van der Waals surface area contributed by atoms with Crippen LogP contribution in [0.5, 0.6) is 6.01 Å². The molecule has 0 saturated carbocycles. The van der Waals surface area contributed by atoms with Crippen molar-refractivity contribution in [2.24, 2.45) is 0 Å². The minimum Gasteiger partial charge on any atom is -0.463 e. The first-order valence-corrected chi connectivity index (χ1v) is 10.3. The molecule has 0 atom stereocenters. The number of nitrogens with one attached hydrogen (secondary N) is 1. The fraction of sp³-hybridized carbons (Fsp3) is 0.455. The Morgan fingerprint density at radius 3 is 2.93 bits per heavy atom. The SMILES string of the molecule is CCCCOc1nc(N)c2[nH]cc(Cc3ccc4c(c3)CN(CC)CC4)c2n1. The summed E-state index contributed by atoms with van der Waals surface area (Å²) < 4.78 is 5.69. The van der Waals surface area contributed by atoms with Gasteiger partial charge in [-0.3, -0.25) is 4.90 Å². The predicted octanol–water partition coefficient (Wildman–Crippen LogP) is 3.69. The van der Waals surface area contributed by atoms with Gasteiger partial charge in [-0.15, -0.1) is 0 Å². The highest BCUT2D eigenvalue weighted by atomic mass is 16.5. The normalized spacial score (nSPS) is 14.4. The number of likely N-dealkylation sites (N-methyl/N-ethyl adjacent to an activating group) is 1. The molecular weight excluding hydrogens is 350 g/mol. The van der Waals surface area contributed by atoms with Crippen LogP contribution in [0.4, 0.5) is 5.82 Å². The summed E-state index contributed by atoms with van der Waals surface area (Å²) >= 11 is 0. The van der Waals surface area contributed by atoms with Gasteiger partial charge in [0.25, 0.3) is 0 Å². The van der Waals surface area contributed by atoms with Gasteiger partial charge in [0.1, 0.15) is 11.0 Å². The Labute approximate surface area is 166 Å². The van der Waals surface area contributed by atoms with Gasteiger partial charge in [-0.2, -0.15) is 9.97 Å². The number of hydrogen-bond donors (Lipinski definition) is 2. The molecule has 0 unspecified atom stereocenters. The number of H-pyrrole nitrogens is 1. The molecule has 0 spiro atoms. The van der Waals surface area contributed by atoms with Crippen molar-refractivity contribution in [2.45, 2.75) is 46.1 Å². The smallest absolute Gasteiger partial charge is 0.319 e. The molecule has 3 heterocycles. The lowest BCUT2D eigenvalue weighted by Gasteiger charge is -2.27. The van der Waals surface area contributed by atoms with Gasteiger partial charge in [-0.05, 0) is 36.1 Å². The number of aromatic nitrogens is 3. The molecule has 28 heavy (non-hydrogen) atoms. The summed E-state index contributed by atoms with van der Waals surface area (Å²) in [6.45, 7) is 8.26. The maximum atomic E-state index is 6.12. The minimum atomic E-state index is 0.364. The largest absolute Gasteiger partial charge is 0.463 e. The third kappa shape index (κ3) is 3.83. The molecule has 0 aliphatic carbocycles. The molecule has 1 aromatic carbocycles. The second-order valence-corrected chi connectivity index (χ2v) is 7.53. The zero-order valence-corrected chi connectivity index (χ0v) is 16.8. The van der Waals surface area contributed by atoms with Crippen LogP contribution in [0.15, 0.2) is 24.4 Å². The van der Waals surface area contributed by atoms with Crippen molar-refractivity contribution < 1.29 is 4.74 Å². The Balaban J connectivity index is 1.59. The minimum absolute atomic E-state index is 0.364. The van der Waals surface area contributed by atoms with Crippen LogP contribution >= 0.6 is 0 Å². The van der Waals surface area contributed by atoms with E-state index in [-0.39, 0.29) is 0 Å². The molecule has 0 amide bonds. The molecule has 0 fully saturated rings. The van der Waals surface area contributed by atoms with Crippen molar-refractivity contribution in [3.05, 3.63) is 46.6 Å². The van der Waals surface area contributed by atoms with Crippen molar-refractivity contribution in [3.63, 3.8) is 0 Å². The number of nitrogen functional groups attached to an aromatic ring is 1. The Kier molecular flexibility index (Phi) is 5.48. The van der Waals surface area contributed by atoms with E-state index in [2.05, 4.69) is 51.9 Å². The Morgan fingerprint density at radius 2 is 2.11 bits per heavy atom. The highest BCUT2D eigenvalue weighted by molar-refractivity contribution is 5.87. The predicted molar refractivity (Wildman–Crippen MR) is 113 cm³/mol. The molecule has 148 valence electrons. The number of nitrogens with two attached hydrogens (primary N) is 1. The lowest BCUT2D eigenvalue weighted by atomic mass is 9.95. The van der Waals surface area contributed by atoms with E-state index in [1.807, 2.05) is 6.20 Å². The maximum absolute atomic E-state index is 6.12. The first-order chi connectivity index (χ1) is 13.7. The zero-order valence-electron chi connectivity index (χ0n) is 16.8. The van der Waals surface area contributed by atoms with Gasteiger partial charge in [-0.1, -0.05) is 38.5 Å². The first-order valence-electron chi connectivity index (χ1n) is 10.3. The monoisotopic (exact) mass is 379 g/mol. The van der Waals surface area contributed by atoms with E-state index in [0.717, 1.165) is 61.9 Å². The Bertz CT molecular complexity index is 965. The van der Waals surface area contributed by atoms with E-state index in [1.165, 1.54) is 16.7 Å². The number of nitrogens with zero attached hydrogens (tertiary/aromatic N) is 3. The van der Waals surface area contributed by atoms with Gasteiger partial charge < -0.3 is 15.5 Å². The molecule has 1 aliphatic heterocycles. The third-order valence-electron chi connectivity index (χ3n) is 5.54. The topological polar surface area (TPSA) is 80.1 Å². The standard InChI is InChI=1S/C22H29N5O/c1-3-5-10-28-22-25-19-17(13-24-20(19)21(23)26-22)11-15-6-7-16-8-9-27(4-2)14-18(16)12-15/h6-7,12-13,24H,3-5,8-11,14H2,1-2H3,(H2,23,25,26). The molecule has 0 radical (unpaired) electrons. The second kappa shape index (κ2) is 8.19. The van der Waals surface area contributed by atoms with Crippen molar-refractivity contribution in [1.29, 1.82) is 0 Å². The fourth-order valence-electron chi connectivity index (χ4n) is 3.83. The summed E-state index contributed by atoms with van der Waals surface area (Å²) in [5.41, 5.74) is 13.1. The van der Waals surface area contributed by atoms with Crippen LogP contribution in [0.1, 0.15) is 48.9 Å². The molecule has 0 saturated heterocycles. The van der Waals surface area contributed by atoms with Crippen LogP contribution in [-0.2, 0) is 19.4 Å². The fourth-order valence-corrected chi connectivity index (χ4v) is 3.83. The number of fused-ring (bicyclic) bond motifs is 2. The van der Waals surface area contributed by atoms with Gasteiger partial charge in [0, 0.05) is 31.3 Å². The van der Waals surface area contributed by atoms with Gasteiger partial charge in [0.05, 0.1) is 6.61 Å². The van der Waals surface area contributed by atoms with E-state index in [1.54, 1.807) is 0 Å². The van der Waals surface area contributed by atoms with Crippen LogP contribution in [0.25, 0.3) is 11.0 Å². The molecule has 3 aromatic rings. The van der Waals surface area contributed by atoms with E-state index < -0.39 is 0 Å². The molecule has 4 rings (SSSR count). The summed E-state index contributed by atoms with van der Waals surface area (Å²) in [5.74, 6) is 0.437. The quantitative estimate of drug-likeness (QED) is 0.612. The average Bonchev–Trinajstić information content (AvgIpc) is 3.11.